The largest absolute Gasteiger partial charge is 0.486 e. The number of benzene rings is 2. The Morgan fingerprint density at radius 1 is 1.06 bits per heavy atom. The van der Waals surface area contributed by atoms with Crippen molar-refractivity contribution < 1.29 is 27.5 Å². The molecule has 2 aliphatic heterocycles. The predicted molar refractivity (Wildman–Crippen MR) is 122 cm³/mol. The van der Waals surface area contributed by atoms with Crippen LogP contribution < -0.4 is 19.5 Å². The summed E-state index contributed by atoms with van der Waals surface area (Å²) in [5.74, 6) is 0.483. The predicted octanol–water partition coefficient (Wildman–Crippen LogP) is 2.25. The van der Waals surface area contributed by atoms with Crippen molar-refractivity contribution in [2.45, 2.75) is 24.7 Å². The van der Waals surface area contributed by atoms with E-state index in [9.17, 15) is 18.0 Å². The van der Waals surface area contributed by atoms with Gasteiger partial charge < -0.3 is 19.7 Å². The van der Waals surface area contributed by atoms with E-state index in [0.29, 0.717) is 55.6 Å². The molecule has 1 unspecified atom stereocenters. The van der Waals surface area contributed by atoms with Crippen LogP contribution in [0.4, 0.5) is 5.69 Å². The Morgan fingerprint density at radius 3 is 2.52 bits per heavy atom. The summed E-state index contributed by atoms with van der Waals surface area (Å²) in [7, 11) is -3.85. The van der Waals surface area contributed by atoms with Gasteiger partial charge in [0.25, 0.3) is 15.9 Å². The maximum absolute atomic E-state index is 12.9. The van der Waals surface area contributed by atoms with Crippen molar-refractivity contribution in [1.82, 2.24) is 10.2 Å². The summed E-state index contributed by atoms with van der Waals surface area (Å²) in [6, 6.07) is 10.7. The highest BCUT2D eigenvalue weighted by atomic mass is 32.2. The molecule has 1 saturated heterocycles. The molecule has 0 aliphatic carbocycles. The van der Waals surface area contributed by atoms with Crippen LogP contribution in [-0.2, 0) is 14.8 Å². The standard InChI is InChI=1S/C23H27N3O6S/c1-2-24-22(27)17-4-3-11-26(15-17)23(28)16-5-7-18(8-6-16)25-33(29,30)19-9-10-20-21(14-19)32-13-12-31-20/h5-10,14,17,25H,2-4,11-13,15H2,1H3,(H,24,27). The molecule has 2 aliphatic rings. The van der Waals surface area contributed by atoms with Crippen LogP contribution in [0.3, 0.4) is 0 Å². The molecule has 176 valence electrons. The number of sulfonamides is 1. The average Bonchev–Trinajstić information content (AvgIpc) is 2.84. The summed E-state index contributed by atoms with van der Waals surface area (Å²) in [4.78, 5) is 26.8. The van der Waals surface area contributed by atoms with Gasteiger partial charge in [-0.05, 0) is 56.2 Å². The lowest BCUT2D eigenvalue weighted by Crippen LogP contribution is -2.45. The number of nitrogens with zero attached hydrogens (tertiary/aromatic N) is 1. The maximum Gasteiger partial charge on any atom is 0.262 e. The van der Waals surface area contributed by atoms with Gasteiger partial charge in [0.1, 0.15) is 13.2 Å². The SMILES string of the molecule is CCNC(=O)C1CCCN(C(=O)c2ccc(NS(=O)(=O)c3ccc4c(c3)OCCO4)cc2)C1. The second-order valence-corrected chi connectivity index (χ2v) is 9.66. The number of carbonyl (C=O) groups is 2. The van der Waals surface area contributed by atoms with Crippen molar-refractivity contribution in [2.75, 3.05) is 37.6 Å². The Bertz CT molecular complexity index is 1130. The Balaban J connectivity index is 1.42. The van der Waals surface area contributed by atoms with Gasteiger partial charge in [-0.15, -0.1) is 0 Å². The van der Waals surface area contributed by atoms with Gasteiger partial charge in [-0.2, -0.15) is 0 Å². The van der Waals surface area contributed by atoms with E-state index in [1.807, 2.05) is 6.92 Å². The number of piperidine rings is 1. The van der Waals surface area contributed by atoms with E-state index in [-0.39, 0.29) is 22.6 Å². The molecule has 0 saturated carbocycles. The van der Waals surface area contributed by atoms with Crippen LogP contribution in [0, 0.1) is 5.92 Å². The molecule has 2 heterocycles. The third kappa shape index (κ3) is 5.22. The van der Waals surface area contributed by atoms with Gasteiger partial charge in [0.05, 0.1) is 10.8 Å². The van der Waals surface area contributed by atoms with E-state index >= 15 is 0 Å². The van der Waals surface area contributed by atoms with Gasteiger partial charge in [-0.1, -0.05) is 0 Å². The molecule has 9 nitrogen and oxygen atoms in total. The molecule has 33 heavy (non-hydrogen) atoms. The third-order valence-corrected chi connectivity index (χ3v) is 7.02. The summed E-state index contributed by atoms with van der Waals surface area (Å²) >= 11 is 0. The first-order valence-electron chi connectivity index (χ1n) is 11.0. The number of amides is 2. The number of hydrogen-bond donors (Lipinski definition) is 2. The minimum atomic E-state index is -3.85. The Labute approximate surface area is 193 Å². The van der Waals surface area contributed by atoms with Gasteiger partial charge in [0, 0.05) is 37.0 Å². The van der Waals surface area contributed by atoms with Crippen LogP contribution in [0.5, 0.6) is 11.5 Å². The third-order valence-electron chi connectivity index (χ3n) is 5.64. The zero-order valence-corrected chi connectivity index (χ0v) is 19.2. The van der Waals surface area contributed by atoms with E-state index < -0.39 is 10.0 Å². The Morgan fingerprint density at radius 2 is 1.79 bits per heavy atom. The second kappa shape index (κ2) is 9.70. The average molecular weight is 474 g/mol. The molecule has 1 atom stereocenters. The van der Waals surface area contributed by atoms with E-state index in [4.69, 9.17) is 9.47 Å². The van der Waals surface area contributed by atoms with Crippen LogP contribution in [-0.4, -0.2) is 58.0 Å². The highest BCUT2D eigenvalue weighted by Crippen LogP contribution is 2.32. The van der Waals surface area contributed by atoms with E-state index in [2.05, 4.69) is 10.0 Å². The van der Waals surface area contributed by atoms with Gasteiger partial charge in [0.2, 0.25) is 5.91 Å². The zero-order chi connectivity index (χ0) is 23.4. The van der Waals surface area contributed by atoms with Crippen LogP contribution in [0.1, 0.15) is 30.1 Å². The van der Waals surface area contributed by atoms with Crippen LogP contribution in [0.15, 0.2) is 47.4 Å². The van der Waals surface area contributed by atoms with Crippen molar-refractivity contribution in [1.29, 1.82) is 0 Å². The number of carbonyl (C=O) groups excluding carboxylic acids is 2. The minimum Gasteiger partial charge on any atom is -0.486 e. The molecule has 2 aromatic rings. The number of anilines is 1. The lowest BCUT2D eigenvalue weighted by molar-refractivity contribution is -0.126. The molecule has 4 rings (SSSR count). The number of ether oxygens (including phenoxy) is 2. The lowest BCUT2D eigenvalue weighted by atomic mass is 9.96. The van der Waals surface area contributed by atoms with Crippen molar-refractivity contribution >= 4 is 27.5 Å². The van der Waals surface area contributed by atoms with Gasteiger partial charge in [-0.25, -0.2) is 8.42 Å². The molecule has 2 N–H and O–H groups in total. The first kappa shape index (κ1) is 22.9. The summed E-state index contributed by atoms with van der Waals surface area (Å²) in [6.07, 6.45) is 1.52. The fourth-order valence-corrected chi connectivity index (χ4v) is 5.04. The topological polar surface area (TPSA) is 114 Å². The molecule has 2 aromatic carbocycles. The van der Waals surface area contributed by atoms with Gasteiger partial charge >= 0.3 is 0 Å². The van der Waals surface area contributed by atoms with Crippen LogP contribution in [0.25, 0.3) is 0 Å². The first-order chi connectivity index (χ1) is 15.9. The van der Waals surface area contributed by atoms with Gasteiger partial charge in [-0.3, -0.25) is 14.3 Å². The molecular weight excluding hydrogens is 446 g/mol. The Hall–Kier alpha value is -3.27. The Kier molecular flexibility index (Phi) is 6.73. The highest BCUT2D eigenvalue weighted by molar-refractivity contribution is 7.92. The summed E-state index contributed by atoms with van der Waals surface area (Å²) in [5.41, 5.74) is 0.772. The number of likely N-dealkylation sites (tertiary alicyclic amines) is 1. The van der Waals surface area contributed by atoms with Crippen LogP contribution >= 0.6 is 0 Å². The number of fused-ring (bicyclic) bond motifs is 1. The second-order valence-electron chi connectivity index (χ2n) is 7.97. The van der Waals surface area contributed by atoms with E-state index in [1.165, 1.54) is 12.1 Å². The smallest absolute Gasteiger partial charge is 0.262 e. The molecule has 0 aromatic heterocycles. The zero-order valence-electron chi connectivity index (χ0n) is 18.4. The number of hydrogen-bond acceptors (Lipinski definition) is 6. The monoisotopic (exact) mass is 473 g/mol. The van der Waals surface area contributed by atoms with Crippen molar-refractivity contribution in [2.24, 2.45) is 5.92 Å². The molecule has 2 amide bonds. The fraction of sp³-hybridized carbons (Fsp3) is 0.391. The van der Waals surface area contributed by atoms with Crippen molar-refractivity contribution in [3.05, 3.63) is 48.0 Å². The van der Waals surface area contributed by atoms with Crippen LogP contribution in [0.2, 0.25) is 0 Å². The number of nitrogens with one attached hydrogen (secondary N) is 2. The maximum atomic E-state index is 12.9. The van der Waals surface area contributed by atoms with E-state index in [1.54, 1.807) is 35.2 Å². The summed E-state index contributed by atoms with van der Waals surface area (Å²) < 4.78 is 39.0. The summed E-state index contributed by atoms with van der Waals surface area (Å²) in [5, 5.41) is 2.82. The van der Waals surface area contributed by atoms with E-state index in [0.717, 1.165) is 12.8 Å². The molecular formula is C23H27N3O6S. The molecule has 10 heteroatoms. The fourth-order valence-electron chi connectivity index (χ4n) is 3.96. The highest BCUT2D eigenvalue weighted by Gasteiger charge is 2.28. The molecule has 0 spiro atoms. The lowest BCUT2D eigenvalue weighted by Gasteiger charge is -2.32. The van der Waals surface area contributed by atoms with Gasteiger partial charge in [0.15, 0.2) is 11.5 Å². The van der Waals surface area contributed by atoms with Crippen molar-refractivity contribution in [3.8, 4) is 11.5 Å². The normalized spacial score (nSPS) is 17.8. The number of rotatable bonds is 6. The minimum absolute atomic E-state index is 0.0288. The van der Waals surface area contributed by atoms with Crippen molar-refractivity contribution in [3.63, 3.8) is 0 Å². The quantitative estimate of drug-likeness (QED) is 0.665. The first-order valence-corrected chi connectivity index (χ1v) is 12.4. The molecule has 0 bridgehead atoms. The summed E-state index contributed by atoms with van der Waals surface area (Å²) in [6.45, 7) is 4.18. The molecule has 0 radical (unpaired) electrons. The molecule has 1 fully saturated rings.